The standard InChI is InChI=1S/C15H17F3N2O2/c1-15(4-2-12(21)20-8-15)14(22)19-5-3-9-6-10(16)13(18)11(17)7-9/h6-7H,2-5,8H2,1H3,(H,19,22)(H,20,21). The maximum Gasteiger partial charge on any atom is 0.227 e. The van der Waals surface area contributed by atoms with Gasteiger partial charge in [0.25, 0.3) is 0 Å². The summed E-state index contributed by atoms with van der Waals surface area (Å²) in [6.45, 7) is 2.18. The van der Waals surface area contributed by atoms with Crippen LogP contribution in [0, 0.1) is 22.9 Å². The molecule has 1 saturated heterocycles. The predicted molar refractivity (Wildman–Crippen MR) is 73.4 cm³/mol. The molecule has 1 aromatic rings. The van der Waals surface area contributed by atoms with Crippen molar-refractivity contribution in [2.24, 2.45) is 5.41 Å². The molecule has 1 aliphatic heterocycles. The number of amides is 2. The Morgan fingerprint density at radius 3 is 2.50 bits per heavy atom. The molecule has 1 atom stereocenters. The van der Waals surface area contributed by atoms with Crippen LogP contribution in [-0.4, -0.2) is 24.9 Å². The van der Waals surface area contributed by atoms with Gasteiger partial charge in [0, 0.05) is 19.5 Å². The van der Waals surface area contributed by atoms with Gasteiger partial charge in [-0.05, 0) is 37.5 Å². The minimum atomic E-state index is -1.50. The van der Waals surface area contributed by atoms with E-state index < -0.39 is 22.9 Å². The first-order chi connectivity index (χ1) is 10.3. The van der Waals surface area contributed by atoms with E-state index in [1.54, 1.807) is 6.92 Å². The lowest BCUT2D eigenvalue weighted by Gasteiger charge is -2.32. The molecule has 1 aliphatic rings. The molecule has 0 spiro atoms. The van der Waals surface area contributed by atoms with E-state index in [0.29, 0.717) is 6.42 Å². The van der Waals surface area contributed by atoms with Gasteiger partial charge < -0.3 is 10.6 Å². The van der Waals surface area contributed by atoms with Crippen molar-refractivity contribution in [3.05, 3.63) is 35.1 Å². The van der Waals surface area contributed by atoms with E-state index in [4.69, 9.17) is 0 Å². The minimum Gasteiger partial charge on any atom is -0.355 e. The van der Waals surface area contributed by atoms with Gasteiger partial charge in [-0.1, -0.05) is 0 Å². The largest absolute Gasteiger partial charge is 0.355 e. The van der Waals surface area contributed by atoms with Crippen LogP contribution in [0.5, 0.6) is 0 Å². The van der Waals surface area contributed by atoms with E-state index >= 15 is 0 Å². The number of hydrogen-bond acceptors (Lipinski definition) is 2. The Bertz CT molecular complexity index is 571. The molecule has 1 unspecified atom stereocenters. The molecule has 0 bridgehead atoms. The number of hydrogen-bond donors (Lipinski definition) is 2. The van der Waals surface area contributed by atoms with Crippen LogP contribution in [0.4, 0.5) is 13.2 Å². The Labute approximate surface area is 126 Å². The number of halogens is 3. The van der Waals surface area contributed by atoms with E-state index in [-0.39, 0.29) is 43.3 Å². The minimum absolute atomic E-state index is 0.0810. The monoisotopic (exact) mass is 314 g/mol. The molecule has 1 fully saturated rings. The van der Waals surface area contributed by atoms with E-state index in [0.717, 1.165) is 12.1 Å². The summed E-state index contributed by atoms with van der Waals surface area (Å²) in [6, 6.07) is 1.82. The van der Waals surface area contributed by atoms with Crippen molar-refractivity contribution in [1.82, 2.24) is 10.6 Å². The summed E-state index contributed by atoms with van der Waals surface area (Å²) in [6.07, 6.45) is 0.922. The third-order valence-electron chi connectivity index (χ3n) is 3.87. The normalized spacial score (nSPS) is 21.4. The number of rotatable bonds is 4. The van der Waals surface area contributed by atoms with Gasteiger partial charge in [-0.25, -0.2) is 13.2 Å². The molecule has 2 amide bonds. The summed E-state index contributed by atoms with van der Waals surface area (Å²) in [5, 5.41) is 5.32. The van der Waals surface area contributed by atoms with Crippen molar-refractivity contribution in [3.63, 3.8) is 0 Å². The Hall–Kier alpha value is -2.05. The number of piperidine rings is 1. The molecule has 120 valence electrons. The van der Waals surface area contributed by atoms with Crippen molar-refractivity contribution >= 4 is 11.8 Å². The Morgan fingerprint density at radius 2 is 1.95 bits per heavy atom. The number of carbonyl (C=O) groups excluding carboxylic acids is 2. The Balaban J connectivity index is 1.88. The van der Waals surface area contributed by atoms with E-state index in [2.05, 4.69) is 10.6 Å². The first-order valence-corrected chi connectivity index (χ1v) is 7.00. The van der Waals surface area contributed by atoms with Crippen LogP contribution in [0.25, 0.3) is 0 Å². The molecule has 1 heterocycles. The fourth-order valence-corrected chi connectivity index (χ4v) is 2.34. The van der Waals surface area contributed by atoms with Gasteiger partial charge in [-0.2, -0.15) is 0 Å². The topological polar surface area (TPSA) is 58.2 Å². The average Bonchev–Trinajstić information content (AvgIpc) is 2.47. The van der Waals surface area contributed by atoms with Gasteiger partial charge in [-0.3, -0.25) is 9.59 Å². The summed E-state index contributed by atoms with van der Waals surface area (Å²) >= 11 is 0. The Morgan fingerprint density at radius 1 is 1.32 bits per heavy atom. The van der Waals surface area contributed by atoms with Gasteiger partial charge in [-0.15, -0.1) is 0 Å². The number of benzene rings is 1. The molecule has 2 N–H and O–H groups in total. The maximum atomic E-state index is 13.1. The van der Waals surface area contributed by atoms with Crippen LogP contribution in [0.1, 0.15) is 25.3 Å². The molecule has 2 rings (SSSR count). The van der Waals surface area contributed by atoms with Crippen LogP contribution >= 0.6 is 0 Å². The van der Waals surface area contributed by atoms with Crippen molar-refractivity contribution in [3.8, 4) is 0 Å². The second kappa shape index (κ2) is 6.37. The summed E-state index contributed by atoms with van der Waals surface area (Å²) in [5.74, 6) is -4.30. The number of carbonyl (C=O) groups is 2. The van der Waals surface area contributed by atoms with Gasteiger partial charge >= 0.3 is 0 Å². The SMILES string of the molecule is CC1(C(=O)NCCc2cc(F)c(F)c(F)c2)CCC(=O)NC1. The summed E-state index contributed by atoms with van der Waals surface area (Å²) in [5.41, 5.74) is -0.425. The average molecular weight is 314 g/mol. The lowest BCUT2D eigenvalue weighted by Crippen LogP contribution is -2.50. The lowest BCUT2D eigenvalue weighted by atomic mass is 9.81. The molecular weight excluding hydrogens is 297 g/mol. The summed E-state index contributed by atoms with van der Waals surface area (Å²) in [4.78, 5) is 23.3. The lowest BCUT2D eigenvalue weighted by molar-refractivity contribution is -0.134. The predicted octanol–water partition coefficient (Wildman–Crippen LogP) is 1.68. The smallest absolute Gasteiger partial charge is 0.227 e. The van der Waals surface area contributed by atoms with Crippen molar-refractivity contribution in [2.75, 3.05) is 13.1 Å². The van der Waals surface area contributed by atoms with Gasteiger partial charge in [0.2, 0.25) is 11.8 Å². The molecule has 22 heavy (non-hydrogen) atoms. The van der Waals surface area contributed by atoms with Gasteiger partial charge in [0.15, 0.2) is 17.5 Å². The molecule has 7 heteroatoms. The molecular formula is C15H17F3N2O2. The van der Waals surface area contributed by atoms with Crippen LogP contribution in [0.15, 0.2) is 12.1 Å². The van der Waals surface area contributed by atoms with Crippen molar-refractivity contribution in [2.45, 2.75) is 26.2 Å². The van der Waals surface area contributed by atoms with Crippen molar-refractivity contribution < 1.29 is 22.8 Å². The molecule has 1 aromatic carbocycles. The third kappa shape index (κ3) is 3.58. The second-order valence-corrected chi connectivity index (χ2v) is 5.72. The first kappa shape index (κ1) is 16.3. The highest BCUT2D eigenvalue weighted by atomic mass is 19.2. The fraction of sp³-hybridized carbons (Fsp3) is 0.467. The van der Waals surface area contributed by atoms with Gasteiger partial charge in [0.1, 0.15) is 0 Å². The highest BCUT2D eigenvalue weighted by molar-refractivity contribution is 5.86. The zero-order valence-electron chi connectivity index (χ0n) is 12.1. The van der Waals surface area contributed by atoms with Crippen LogP contribution < -0.4 is 10.6 Å². The third-order valence-corrected chi connectivity index (χ3v) is 3.87. The highest BCUT2D eigenvalue weighted by Gasteiger charge is 2.36. The Kier molecular flexibility index (Phi) is 4.73. The molecule has 0 aliphatic carbocycles. The zero-order chi connectivity index (χ0) is 16.3. The first-order valence-electron chi connectivity index (χ1n) is 7.00. The molecule has 0 saturated carbocycles. The van der Waals surface area contributed by atoms with Crippen LogP contribution in [0.2, 0.25) is 0 Å². The van der Waals surface area contributed by atoms with Crippen molar-refractivity contribution in [1.29, 1.82) is 0 Å². The van der Waals surface area contributed by atoms with E-state index in [1.807, 2.05) is 0 Å². The van der Waals surface area contributed by atoms with Gasteiger partial charge in [0.05, 0.1) is 5.41 Å². The fourth-order valence-electron chi connectivity index (χ4n) is 2.34. The molecule has 4 nitrogen and oxygen atoms in total. The van der Waals surface area contributed by atoms with Crippen LogP contribution in [-0.2, 0) is 16.0 Å². The molecule has 0 radical (unpaired) electrons. The zero-order valence-corrected chi connectivity index (χ0v) is 12.1. The quantitative estimate of drug-likeness (QED) is 0.831. The number of nitrogens with one attached hydrogen (secondary N) is 2. The highest BCUT2D eigenvalue weighted by Crippen LogP contribution is 2.25. The van der Waals surface area contributed by atoms with E-state index in [9.17, 15) is 22.8 Å². The summed E-state index contributed by atoms with van der Waals surface area (Å²) in [7, 11) is 0. The maximum absolute atomic E-state index is 13.1. The molecule has 0 aromatic heterocycles. The second-order valence-electron chi connectivity index (χ2n) is 5.72. The van der Waals surface area contributed by atoms with Crippen LogP contribution in [0.3, 0.4) is 0 Å². The summed E-state index contributed by atoms with van der Waals surface area (Å²) < 4.78 is 39.0. The van der Waals surface area contributed by atoms with E-state index in [1.165, 1.54) is 0 Å².